The van der Waals surface area contributed by atoms with Crippen LogP contribution in [-0.4, -0.2) is 41.8 Å². The van der Waals surface area contributed by atoms with E-state index in [0.717, 1.165) is 16.0 Å². The van der Waals surface area contributed by atoms with Crippen molar-refractivity contribution >= 4 is 22.8 Å². The molecular formula is C16H14FN3O4. The zero-order chi connectivity index (χ0) is 17.1. The van der Waals surface area contributed by atoms with E-state index in [2.05, 4.69) is 14.9 Å². The highest BCUT2D eigenvalue weighted by molar-refractivity contribution is 5.88. The number of fused-ring (bicyclic) bond motifs is 1. The molecule has 0 spiro atoms. The fourth-order valence-corrected chi connectivity index (χ4v) is 2.46. The summed E-state index contributed by atoms with van der Waals surface area (Å²) in [4.78, 5) is 12.2. The van der Waals surface area contributed by atoms with Crippen molar-refractivity contribution in [3.05, 3.63) is 36.4 Å². The summed E-state index contributed by atoms with van der Waals surface area (Å²) in [7, 11) is 1.49. The fourth-order valence-electron chi connectivity index (χ4n) is 2.46. The predicted molar refractivity (Wildman–Crippen MR) is 85.1 cm³/mol. The van der Waals surface area contributed by atoms with Gasteiger partial charge >= 0.3 is 6.09 Å². The summed E-state index contributed by atoms with van der Waals surface area (Å²) in [5, 5.41) is 16.7. The van der Waals surface area contributed by atoms with Crippen LogP contribution in [0.25, 0.3) is 22.2 Å². The summed E-state index contributed by atoms with van der Waals surface area (Å²) in [6, 6.07) is 10.3. The normalized spacial score (nSPS) is 10.8. The molecular weight excluding hydrogens is 317 g/mol. The topological polar surface area (TPSA) is 88.7 Å². The van der Waals surface area contributed by atoms with Crippen molar-refractivity contribution in [3.8, 4) is 16.9 Å². The number of rotatable bonds is 5. The molecule has 0 saturated carbocycles. The minimum Gasteiger partial charge on any atom is -0.496 e. The highest BCUT2D eigenvalue weighted by Gasteiger charge is 2.17. The first-order valence-corrected chi connectivity index (χ1v) is 7.11. The van der Waals surface area contributed by atoms with Gasteiger partial charge in [-0.1, -0.05) is 6.07 Å². The Morgan fingerprint density at radius 3 is 2.75 bits per heavy atom. The number of alkyl halides is 1. The Morgan fingerprint density at radius 1 is 1.25 bits per heavy atom. The smallest absolute Gasteiger partial charge is 0.411 e. The number of hydrogen-bond donors (Lipinski definition) is 1. The van der Waals surface area contributed by atoms with Gasteiger partial charge in [-0.15, -0.1) is 0 Å². The molecule has 3 rings (SSSR count). The van der Waals surface area contributed by atoms with Crippen LogP contribution in [-0.2, 0) is 0 Å². The van der Waals surface area contributed by atoms with Crippen molar-refractivity contribution in [1.82, 2.24) is 10.3 Å². The third-order valence-corrected chi connectivity index (χ3v) is 3.60. The highest BCUT2D eigenvalue weighted by Crippen LogP contribution is 2.34. The Kier molecular flexibility index (Phi) is 4.28. The van der Waals surface area contributed by atoms with Crippen LogP contribution in [0, 0.1) is 0 Å². The molecule has 0 aliphatic heterocycles. The number of carboxylic acid groups (broad SMARTS) is 1. The minimum absolute atomic E-state index is 0.242. The third-order valence-electron chi connectivity index (χ3n) is 3.60. The number of carbonyl (C=O) groups is 1. The van der Waals surface area contributed by atoms with Gasteiger partial charge in [0.05, 0.1) is 19.3 Å². The third kappa shape index (κ3) is 2.85. The Balaban J connectivity index is 2.04. The Hall–Kier alpha value is -3.16. The summed E-state index contributed by atoms with van der Waals surface area (Å²) in [6.45, 7) is -1.01. The molecule has 0 atom stereocenters. The van der Waals surface area contributed by atoms with Gasteiger partial charge in [0, 0.05) is 11.6 Å². The maximum absolute atomic E-state index is 12.6. The van der Waals surface area contributed by atoms with E-state index in [1.807, 2.05) is 6.07 Å². The van der Waals surface area contributed by atoms with Crippen LogP contribution < -0.4 is 9.64 Å². The maximum atomic E-state index is 12.6. The second kappa shape index (κ2) is 6.53. The largest absolute Gasteiger partial charge is 0.496 e. The van der Waals surface area contributed by atoms with Crippen molar-refractivity contribution in [2.45, 2.75) is 0 Å². The van der Waals surface area contributed by atoms with Gasteiger partial charge in [-0.05, 0) is 40.1 Å². The Labute approximate surface area is 136 Å². The molecule has 0 bridgehead atoms. The van der Waals surface area contributed by atoms with E-state index in [9.17, 15) is 14.3 Å². The van der Waals surface area contributed by atoms with E-state index >= 15 is 0 Å². The number of ether oxygens (including phenoxy) is 1. The molecule has 1 N–H and O–H groups in total. The summed E-state index contributed by atoms with van der Waals surface area (Å²) in [6.07, 6.45) is -1.22. The number of methoxy groups -OCH3 is 1. The van der Waals surface area contributed by atoms with Gasteiger partial charge in [0.2, 0.25) is 0 Å². The number of benzene rings is 2. The fraction of sp³-hybridized carbons (Fsp3) is 0.188. The first kappa shape index (κ1) is 15.7. The van der Waals surface area contributed by atoms with E-state index in [0.29, 0.717) is 22.5 Å². The van der Waals surface area contributed by atoms with Crippen molar-refractivity contribution in [3.63, 3.8) is 0 Å². The molecule has 0 unspecified atom stereocenters. The van der Waals surface area contributed by atoms with Gasteiger partial charge in [0.15, 0.2) is 0 Å². The van der Waals surface area contributed by atoms with Gasteiger partial charge in [0.25, 0.3) is 0 Å². The predicted octanol–water partition coefficient (Wildman–Crippen LogP) is 3.35. The van der Waals surface area contributed by atoms with Crippen LogP contribution in [0.2, 0.25) is 0 Å². The van der Waals surface area contributed by atoms with E-state index < -0.39 is 12.8 Å². The van der Waals surface area contributed by atoms with E-state index in [1.54, 1.807) is 30.3 Å². The first-order chi connectivity index (χ1) is 11.6. The second-order valence-electron chi connectivity index (χ2n) is 4.98. The average molecular weight is 331 g/mol. The lowest BCUT2D eigenvalue weighted by Gasteiger charge is -2.19. The van der Waals surface area contributed by atoms with Crippen molar-refractivity contribution in [2.75, 3.05) is 25.2 Å². The molecule has 1 heterocycles. The van der Waals surface area contributed by atoms with Crippen LogP contribution in [0.15, 0.2) is 41.0 Å². The quantitative estimate of drug-likeness (QED) is 0.771. The molecule has 0 saturated heterocycles. The summed E-state index contributed by atoms with van der Waals surface area (Å²) in [5.41, 5.74) is 3.13. The first-order valence-electron chi connectivity index (χ1n) is 7.11. The van der Waals surface area contributed by atoms with Crippen LogP contribution in [0.3, 0.4) is 0 Å². The van der Waals surface area contributed by atoms with E-state index in [4.69, 9.17) is 4.74 Å². The summed E-state index contributed by atoms with van der Waals surface area (Å²) >= 11 is 0. The van der Waals surface area contributed by atoms with Crippen LogP contribution in [0.5, 0.6) is 5.75 Å². The van der Waals surface area contributed by atoms with E-state index in [1.165, 1.54) is 7.11 Å². The van der Waals surface area contributed by atoms with Gasteiger partial charge in [-0.25, -0.2) is 13.8 Å². The SMILES string of the molecule is COc1cc(N(CCF)C(=O)O)ccc1-c1ccc2nonc2c1. The monoisotopic (exact) mass is 331 g/mol. The molecule has 0 fully saturated rings. The molecule has 7 nitrogen and oxygen atoms in total. The van der Waals surface area contributed by atoms with Gasteiger partial charge in [0.1, 0.15) is 23.5 Å². The van der Waals surface area contributed by atoms with Crippen LogP contribution >= 0.6 is 0 Å². The molecule has 0 radical (unpaired) electrons. The molecule has 2 aromatic carbocycles. The van der Waals surface area contributed by atoms with Crippen LogP contribution in [0.4, 0.5) is 14.9 Å². The summed E-state index contributed by atoms with van der Waals surface area (Å²) in [5.74, 6) is 0.466. The zero-order valence-electron chi connectivity index (χ0n) is 12.8. The van der Waals surface area contributed by atoms with Gasteiger partial charge in [-0.2, -0.15) is 0 Å². The molecule has 0 aliphatic rings. The van der Waals surface area contributed by atoms with Crippen molar-refractivity contribution in [1.29, 1.82) is 0 Å². The van der Waals surface area contributed by atoms with E-state index in [-0.39, 0.29) is 6.54 Å². The van der Waals surface area contributed by atoms with Crippen LogP contribution in [0.1, 0.15) is 0 Å². The number of halogens is 1. The number of hydrogen-bond acceptors (Lipinski definition) is 5. The van der Waals surface area contributed by atoms with Gasteiger partial charge < -0.3 is 9.84 Å². The Morgan fingerprint density at radius 2 is 2.04 bits per heavy atom. The molecule has 3 aromatic rings. The lowest BCUT2D eigenvalue weighted by Crippen LogP contribution is -2.31. The Bertz CT molecular complexity index is 881. The maximum Gasteiger partial charge on any atom is 0.411 e. The molecule has 1 amide bonds. The van der Waals surface area contributed by atoms with Gasteiger partial charge in [-0.3, -0.25) is 4.90 Å². The minimum atomic E-state index is -1.22. The molecule has 0 aliphatic carbocycles. The molecule has 124 valence electrons. The summed E-state index contributed by atoms with van der Waals surface area (Å²) < 4.78 is 22.6. The highest BCUT2D eigenvalue weighted by atomic mass is 19.1. The number of amides is 1. The molecule has 8 heteroatoms. The second-order valence-corrected chi connectivity index (χ2v) is 4.98. The lowest BCUT2D eigenvalue weighted by atomic mass is 10.0. The number of nitrogens with zero attached hydrogens (tertiary/aromatic N) is 3. The molecule has 1 aromatic heterocycles. The zero-order valence-corrected chi connectivity index (χ0v) is 12.8. The van der Waals surface area contributed by atoms with Crippen molar-refractivity contribution in [2.24, 2.45) is 0 Å². The number of anilines is 1. The molecule has 24 heavy (non-hydrogen) atoms. The number of aromatic nitrogens is 2. The average Bonchev–Trinajstić information content (AvgIpc) is 3.06. The lowest BCUT2D eigenvalue weighted by molar-refractivity contribution is 0.201. The van der Waals surface area contributed by atoms with Crippen molar-refractivity contribution < 1.29 is 23.7 Å². The standard InChI is InChI=1S/C16H14FN3O4/c1-23-15-9-11(20(7-6-17)16(21)22)3-4-12(15)10-2-5-13-14(8-10)19-24-18-13/h2-5,8-9H,6-7H2,1H3,(H,21,22).